The van der Waals surface area contributed by atoms with Gasteiger partial charge in [0.05, 0.1) is 0 Å². The molecule has 44 valence electrons. The topological polar surface area (TPSA) is 40.5 Å². The van der Waals surface area contributed by atoms with E-state index in [-0.39, 0.29) is 0 Å². The predicted molar refractivity (Wildman–Crippen MR) is 30.8 cm³/mol. The van der Waals surface area contributed by atoms with Crippen LogP contribution < -0.4 is 0 Å². The molecular formula is C6H8O2. The summed E-state index contributed by atoms with van der Waals surface area (Å²) in [6, 6.07) is 0. The standard InChI is InChI=1S/2C3H4O/c2*1-2-3-4/h2*4H,1H3. The lowest BCUT2D eigenvalue weighted by Gasteiger charge is -1.43. The maximum atomic E-state index is 7.51. The van der Waals surface area contributed by atoms with Gasteiger partial charge in [-0.25, -0.2) is 0 Å². The Morgan fingerprint density at radius 1 is 0.875 bits per heavy atom. The summed E-state index contributed by atoms with van der Waals surface area (Å²) in [5.41, 5.74) is 0. The summed E-state index contributed by atoms with van der Waals surface area (Å²) < 4.78 is 0. The third-order valence-electron chi connectivity index (χ3n) is 0.224. The second kappa shape index (κ2) is 17.2. The molecular weight excluding hydrogens is 104 g/mol. The minimum absolute atomic E-state index is 1.57. The summed E-state index contributed by atoms with van der Waals surface area (Å²) in [6.07, 6.45) is 3.36. The molecule has 8 heavy (non-hydrogen) atoms. The molecule has 0 bridgehead atoms. The zero-order valence-electron chi connectivity index (χ0n) is 4.89. The highest BCUT2D eigenvalue weighted by atomic mass is 16.2. The lowest BCUT2D eigenvalue weighted by molar-refractivity contribution is 0.516. The van der Waals surface area contributed by atoms with Crippen LogP contribution >= 0.6 is 0 Å². The largest absolute Gasteiger partial charge is 0.462 e. The van der Waals surface area contributed by atoms with Crippen molar-refractivity contribution in [2.45, 2.75) is 13.8 Å². The first-order chi connectivity index (χ1) is 3.83. The van der Waals surface area contributed by atoms with Crippen molar-refractivity contribution in [3.63, 3.8) is 0 Å². The van der Waals surface area contributed by atoms with E-state index >= 15 is 0 Å². The minimum Gasteiger partial charge on any atom is -0.462 e. The summed E-state index contributed by atoms with van der Waals surface area (Å²) >= 11 is 0. The fourth-order valence-electron chi connectivity index (χ4n) is 0. The Hall–Kier alpha value is -1.28. The lowest BCUT2D eigenvalue weighted by Crippen LogP contribution is -1.38. The van der Waals surface area contributed by atoms with E-state index in [1.165, 1.54) is 0 Å². The van der Waals surface area contributed by atoms with Crippen molar-refractivity contribution in [3.8, 4) is 24.1 Å². The Morgan fingerprint density at radius 2 is 1.00 bits per heavy atom. The van der Waals surface area contributed by atoms with E-state index < -0.39 is 0 Å². The molecule has 0 unspecified atom stereocenters. The van der Waals surface area contributed by atoms with Gasteiger partial charge in [-0.05, 0) is 0 Å². The maximum absolute atomic E-state index is 7.51. The Morgan fingerprint density at radius 3 is 1.00 bits per heavy atom. The number of rotatable bonds is 0. The molecule has 2 heteroatoms. The van der Waals surface area contributed by atoms with Gasteiger partial charge < -0.3 is 10.2 Å². The first kappa shape index (κ1) is 9.87. The van der Waals surface area contributed by atoms with E-state index in [9.17, 15) is 0 Å². The van der Waals surface area contributed by atoms with Crippen molar-refractivity contribution < 1.29 is 10.2 Å². The van der Waals surface area contributed by atoms with Crippen LogP contribution in [0.1, 0.15) is 13.8 Å². The predicted octanol–water partition coefficient (Wildman–Crippen LogP) is 0.679. The molecule has 0 aromatic heterocycles. The van der Waals surface area contributed by atoms with E-state index in [0.717, 1.165) is 0 Å². The van der Waals surface area contributed by atoms with Gasteiger partial charge in [-0.2, -0.15) is 0 Å². The molecule has 0 rings (SSSR count). The van der Waals surface area contributed by atoms with Crippen LogP contribution in [0.25, 0.3) is 0 Å². The summed E-state index contributed by atoms with van der Waals surface area (Å²) in [5.74, 6) is 4.47. The van der Waals surface area contributed by atoms with Gasteiger partial charge in [0.25, 0.3) is 0 Å². The third-order valence-corrected chi connectivity index (χ3v) is 0.224. The van der Waals surface area contributed by atoms with Crippen LogP contribution in [-0.4, -0.2) is 10.2 Å². The molecule has 0 fully saturated rings. The molecule has 2 nitrogen and oxygen atoms in total. The molecule has 0 saturated heterocycles. The number of hydrogen-bond donors (Lipinski definition) is 2. The van der Waals surface area contributed by atoms with Gasteiger partial charge in [0, 0.05) is 13.8 Å². The first-order valence-electron chi connectivity index (χ1n) is 1.95. The molecule has 0 spiro atoms. The number of aliphatic hydroxyl groups excluding tert-OH is 2. The average molecular weight is 112 g/mol. The van der Waals surface area contributed by atoms with Crippen LogP contribution in [0.4, 0.5) is 0 Å². The van der Waals surface area contributed by atoms with Crippen molar-refractivity contribution in [3.05, 3.63) is 0 Å². The number of aliphatic hydroxyl groups is 2. The van der Waals surface area contributed by atoms with E-state index in [4.69, 9.17) is 10.2 Å². The van der Waals surface area contributed by atoms with Crippen LogP contribution in [-0.2, 0) is 0 Å². The maximum Gasteiger partial charge on any atom is 0.107 e. The van der Waals surface area contributed by atoms with Crippen LogP contribution in [0.3, 0.4) is 0 Å². The highest BCUT2D eigenvalue weighted by molar-refractivity contribution is 4.82. The second-order valence-electron chi connectivity index (χ2n) is 0.724. The second-order valence-corrected chi connectivity index (χ2v) is 0.724. The summed E-state index contributed by atoms with van der Waals surface area (Å²) in [5, 5.41) is 15.0. The molecule has 0 aromatic carbocycles. The number of hydrogen-bond acceptors (Lipinski definition) is 2. The van der Waals surface area contributed by atoms with Crippen molar-refractivity contribution in [1.82, 2.24) is 0 Å². The Labute approximate surface area is 49.2 Å². The van der Waals surface area contributed by atoms with Gasteiger partial charge in [0.15, 0.2) is 0 Å². The van der Waals surface area contributed by atoms with Crippen molar-refractivity contribution in [1.29, 1.82) is 0 Å². The van der Waals surface area contributed by atoms with Crippen molar-refractivity contribution in [2.24, 2.45) is 0 Å². The van der Waals surface area contributed by atoms with Crippen LogP contribution in [0.5, 0.6) is 0 Å². The highest BCUT2D eigenvalue weighted by Crippen LogP contribution is 1.33. The lowest BCUT2D eigenvalue weighted by atomic mass is 10.8. The molecule has 2 N–H and O–H groups in total. The quantitative estimate of drug-likeness (QED) is 0.452. The molecule has 0 atom stereocenters. The van der Waals surface area contributed by atoms with E-state index in [1.54, 1.807) is 26.1 Å². The molecule has 0 aromatic rings. The van der Waals surface area contributed by atoms with E-state index in [2.05, 4.69) is 11.8 Å². The monoisotopic (exact) mass is 112 g/mol. The van der Waals surface area contributed by atoms with Gasteiger partial charge >= 0.3 is 0 Å². The van der Waals surface area contributed by atoms with E-state index in [1.807, 2.05) is 0 Å². The highest BCUT2D eigenvalue weighted by Gasteiger charge is 1.28. The molecule has 0 radical (unpaired) electrons. The molecule has 0 amide bonds. The SMILES string of the molecule is CC#CO.CC#CO. The molecule has 0 aliphatic rings. The summed E-state index contributed by atoms with van der Waals surface area (Å²) in [6.45, 7) is 3.14. The molecule has 0 aliphatic carbocycles. The third kappa shape index (κ3) is 126. The van der Waals surface area contributed by atoms with Crippen molar-refractivity contribution >= 4 is 0 Å². The molecule has 0 saturated carbocycles. The molecule has 0 aliphatic heterocycles. The average Bonchev–Trinajstić information content (AvgIpc) is 1.88. The first-order valence-corrected chi connectivity index (χ1v) is 1.95. The fraction of sp³-hybridized carbons (Fsp3) is 0.333. The van der Waals surface area contributed by atoms with Crippen molar-refractivity contribution in [2.75, 3.05) is 0 Å². The summed E-state index contributed by atoms with van der Waals surface area (Å²) in [7, 11) is 0. The van der Waals surface area contributed by atoms with Crippen LogP contribution in [0.2, 0.25) is 0 Å². The van der Waals surface area contributed by atoms with Crippen LogP contribution in [0, 0.1) is 24.1 Å². The van der Waals surface area contributed by atoms with Gasteiger partial charge in [0.2, 0.25) is 0 Å². The van der Waals surface area contributed by atoms with Gasteiger partial charge in [-0.15, -0.1) is 0 Å². The normalized spacial score (nSPS) is 3.25. The zero-order chi connectivity index (χ0) is 6.83. The van der Waals surface area contributed by atoms with E-state index in [0.29, 0.717) is 0 Å². The van der Waals surface area contributed by atoms with Gasteiger partial charge in [0.1, 0.15) is 12.2 Å². The van der Waals surface area contributed by atoms with Crippen LogP contribution in [0.15, 0.2) is 0 Å². The summed E-state index contributed by atoms with van der Waals surface area (Å²) in [4.78, 5) is 0. The smallest absolute Gasteiger partial charge is 0.107 e. The van der Waals surface area contributed by atoms with Gasteiger partial charge in [-0.1, -0.05) is 11.8 Å². The fourth-order valence-corrected chi connectivity index (χ4v) is 0. The molecule has 0 heterocycles. The van der Waals surface area contributed by atoms with Gasteiger partial charge in [-0.3, -0.25) is 0 Å². The Bertz CT molecular complexity index is 98.1. The zero-order valence-corrected chi connectivity index (χ0v) is 4.89. The minimum atomic E-state index is 1.57. The Kier molecular flexibility index (Phi) is 21.2. The Balaban J connectivity index is 0.